The number of amides is 3. The highest BCUT2D eigenvalue weighted by atomic mass is 16.2. The van der Waals surface area contributed by atoms with Crippen LogP contribution in [-0.4, -0.2) is 88.8 Å². The highest BCUT2D eigenvalue weighted by Gasteiger charge is 2.26. The average molecular weight is 434 g/mol. The van der Waals surface area contributed by atoms with Crippen molar-refractivity contribution in [3.8, 4) is 0 Å². The Labute approximate surface area is 186 Å². The molecule has 0 spiro atoms. The van der Waals surface area contributed by atoms with Gasteiger partial charge in [0.05, 0.1) is 18.7 Å². The molecular weight excluding hydrogens is 394 g/mol. The number of aromatic nitrogens is 1. The lowest BCUT2D eigenvalue weighted by Gasteiger charge is -2.35. The van der Waals surface area contributed by atoms with E-state index in [2.05, 4.69) is 28.6 Å². The zero-order valence-corrected chi connectivity index (χ0v) is 20.4. The van der Waals surface area contributed by atoms with Crippen LogP contribution in [0.2, 0.25) is 0 Å². The molecule has 174 valence electrons. The number of piperazine rings is 1. The topological polar surface area (TPSA) is 77.9 Å². The first-order chi connectivity index (χ1) is 14.3. The summed E-state index contributed by atoms with van der Waals surface area (Å²) in [6.45, 7) is 16.8. The van der Waals surface area contributed by atoms with E-state index in [4.69, 9.17) is 0 Å². The number of hydrogen-bond acceptors (Lipinski definition) is 4. The third kappa shape index (κ3) is 6.56. The molecule has 2 rings (SSSR count). The number of carbonyl (C=O) groups excluding carboxylic acids is 3. The molecule has 8 heteroatoms. The Morgan fingerprint density at radius 2 is 1.68 bits per heavy atom. The summed E-state index contributed by atoms with van der Waals surface area (Å²) in [4.78, 5) is 43.1. The predicted molar refractivity (Wildman–Crippen MR) is 122 cm³/mol. The Balaban J connectivity index is 1.88. The van der Waals surface area contributed by atoms with Crippen LogP contribution in [0.5, 0.6) is 0 Å². The molecule has 1 saturated heterocycles. The molecule has 8 nitrogen and oxygen atoms in total. The highest BCUT2D eigenvalue weighted by molar-refractivity contribution is 5.97. The standard InChI is InChI=1S/C23H39N5O3/c1-16(2)28-17(3)13-19(18(28)4)22(31)25(8)15-21(30)27-11-9-26(10-12-27)14-20(29)24-23(5,6)7/h13,16H,9-12,14-15H2,1-8H3,(H,24,29). The van der Waals surface area contributed by atoms with Gasteiger partial charge in [0.15, 0.2) is 0 Å². The molecule has 1 aliphatic rings. The van der Waals surface area contributed by atoms with Crippen molar-refractivity contribution in [2.24, 2.45) is 0 Å². The first kappa shape index (κ1) is 24.9. The summed E-state index contributed by atoms with van der Waals surface area (Å²) in [5, 5.41) is 2.96. The second-order valence-corrected chi connectivity index (χ2v) is 9.86. The molecule has 0 radical (unpaired) electrons. The first-order valence-electron chi connectivity index (χ1n) is 11.0. The summed E-state index contributed by atoms with van der Waals surface area (Å²) < 4.78 is 2.14. The Morgan fingerprint density at radius 3 is 2.16 bits per heavy atom. The van der Waals surface area contributed by atoms with E-state index in [1.54, 1.807) is 11.9 Å². The van der Waals surface area contributed by atoms with Gasteiger partial charge in [0.25, 0.3) is 5.91 Å². The van der Waals surface area contributed by atoms with E-state index in [1.807, 2.05) is 40.7 Å². The van der Waals surface area contributed by atoms with Gasteiger partial charge in [-0.15, -0.1) is 0 Å². The molecule has 0 bridgehead atoms. The van der Waals surface area contributed by atoms with Crippen molar-refractivity contribution in [3.05, 3.63) is 23.0 Å². The van der Waals surface area contributed by atoms with Gasteiger partial charge in [-0.05, 0) is 54.5 Å². The molecular formula is C23H39N5O3. The number of rotatable bonds is 6. The number of nitrogens with zero attached hydrogens (tertiary/aromatic N) is 4. The van der Waals surface area contributed by atoms with Gasteiger partial charge < -0.3 is 19.7 Å². The van der Waals surface area contributed by atoms with Gasteiger partial charge >= 0.3 is 0 Å². The van der Waals surface area contributed by atoms with Crippen LogP contribution in [0.4, 0.5) is 0 Å². The summed E-state index contributed by atoms with van der Waals surface area (Å²) in [5.74, 6) is -0.199. The number of carbonyl (C=O) groups is 3. The maximum absolute atomic E-state index is 12.9. The fourth-order valence-corrected chi connectivity index (χ4v) is 4.18. The normalized spacial score (nSPS) is 15.3. The molecule has 0 aromatic carbocycles. The number of hydrogen-bond donors (Lipinski definition) is 1. The van der Waals surface area contributed by atoms with Crippen LogP contribution in [0, 0.1) is 13.8 Å². The van der Waals surface area contributed by atoms with Crippen LogP contribution in [0.15, 0.2) is 6.07 Å². The Morgan fingerprint density at radius 1 is 1.10 bits per heavy atom. The van der Waals surface area contributed by atoms with Crippen molar-refractivity contribution in [1.82, 2.24) is 24.6 Å². The molecule has 1 aliphatic heterocycles. The predicted octanol–water partition coefficient (Wildman–Crippen LogP) is 1.82. The minimum atomic E-state index is -0.251. The van der Waals surface area contributed by atoms with Crippen molar-refractivity contribution in [3.63, 3.8) is 0 Å². The maximum Gasteiger partial charge on any atom is 0.255 e. The minimum absolute atomic E-state index is 0.00314. The lowest BCUT2D eigenvalue weighted by molar-refractivity contribution is -0.133. The molecule has 1 aromatic heterocycles. The monoisotopic (exact) mass is 433 g/mol. The van der Waals surface area contributed by atoms with Crippen LogP contribution in [0.1, 0.15) is 62.4 Å². The molecule has 1 aromatic rings. The largest absolute Gasteiger partial charge is 0.350 e. The van der Waals surface area contributed by atoms with E-state index >= 15 is 0 Å². The lowest BCUT2D eigenvalue weighted by Crippen LogP contribution is -2.54. The zero-order chi connectivity index (χ0) is 23.5. The molecule has 0 unspecified atom stereocenters. The van der Waals surface area contributed by atoms with Crippen molar-refractivity contribution < 1.29 is 14.4 Å². The first-order valence-corrected chi connectivity index (χ1v) is 11.0. The fraction of sp³-hybridized carbons (Fsp3) is 0.696. The van der Waals surface area contributed by atoms with Gasteiger partial charge in [-0.1, -0.05) is 0 Å². The highest BCUT2D eigenvalue weighted by Crippen LogP contribution is 2.21. The van der Waals surface area contributed by atoms with Gasteiger partial charge in [-0.3, -0.25) is 19.3 Å². The SMILES string of the molecule is Cc1cc(C(=O)N(C)CC(=O)N2CCN(CC(=O)NC(C)(C)C)CC2)c(C)n1C(C)C. The molecule has 0 atom stereocenters. The van der Waals surface area contributed by atoms with Crippen LogP contribution < -0.4 is 5.32 Å². The van der Waals surface area contributed by atoms with E-state index in [9.17, 15) is 14.4 Å². The number of aryl methyl sites for hydroxylation is 1. The van der Waals surface area contributed by atoms with Crippen LogP contribution in [-0.2, 0) is 9.59 Å². The van der Waals surface area contributed by atoms with Crippen molar-refractivity contribution in [2.45, 2.75) is 60.0 Å². The van der Waals surface area contributed by atoms with Crippen LogP contribution >= 0.6 is 0 Å². The van der Waals surface area contributed by atoms with Crippen LogP contribution in [0.3, 0.4) is 0 Å². The average Bonchev–Trinajstić information content (AvgIpc) is 2.94. The quantitative estimate of drug-likeness (QED) is 0.742. The van der Waals surface area contributed by atoms with Gasteiger partial charge in [-0.2, -0.15) is 0 Å². The van der Waals surface area contributed by atoms with E-state index < -0.39 is 0 Å². The van der Waals surface area contributed by atoms with Gasteiger partial charge in [0, 0.05) is 56.2 Å². The summed E-state index contributed by atoms with van der Waals surface area (Å²) in [7, 11) is 1.68. The minimum Gasteiger partial charge on any atom is -0.350 e. The van der Waals surface area contributed by atoms with E-state index in [1.165, 1.54) is 4.90 Å². The van der Waals surface area contributed by atoms with Gasteiger partial charge in [0.2, 0.25) is 11.8 Å². The summed E-state index contributed by atoms with van der Waals surface area (Å²) in [6, 6.07) is 2.18. The third-order valence-corrected chi connectivity index (χ3v) is 5.56. The Hall–Kier alpha value is -2.35. The fourth-order valence-electron chi connectivity index (χ4n) is 4.18. The zero-order valence-electron chi connectivity index (χ0n) is 20.4. The molecule has 0 saturated carbocycles. The summed E-state index contributed by atoms with van der Waals surface area (Å²) >= 11 is 0. The lowest BCUT2D eigenvalue weighted by atomic mass is 10.1. The van der Waals surface area contributed by atoms with Gasteiger partial charge in [0.1, 0.15) is 0 Å². The van der Waals surface area contributed by atoms with Crippen LogP contribution in [0.25, 0.3) is 0 Å². The Bertz CT molecular complexity index is 814. The maximum atomic E-state index is 12.9. The van der Waals surface area contributed by atoms with Crippen molar-refractivity contribution >= 4 is 17.7 Å². The molecule has 3 amide bonds. The van der Waals surface area contributed by atoms with Gasteiger partial charge in [-0.25, -0.2) is 0 Å². The number of likely N-dealkylation sites (N-methyl/N-ethyl adjacent to an activating group) is 1. The van der Waals surface area contributed by atoms with E-state index in [-0.39, 0.29) is 35.8 Å². The van der Waals surface area contributed by atoms with Crippen molar-refractivity contribution in [2.75, 3.05) is 46.3 Å². The number of nitrogens with one attached hydrogen (secondary N) is 1. The summed E-state index contributed by atoms with van der Waals surface area (Å²) in [5.41, 5.74) is 2.37. The van der Waals surface area contributed by atoms with E-state index in [0.717, 1.165) is 11.4 Å². The molecule has 1 N–H and O–H groups in total. The second-order valence-electron chi connectivity index (χ2n) is 9.86. The molecule has 1 fully saturated rings. The van der Waals surface area contributed by atoms with Crippen molar-refractivity contribution in [1.29, 1.82) is 0 Å². The molecule has 31 heavy (non-hydrogen) atoms. The smallest absolute Gasteiger partial charge is 0.255 e. The molecule has 2 heterocycles. The van der Waals surface area contributed by atoms with E-state index in [0.29, 0.717) is 38.3 Å². The molecule has 0 aliphatic carbocycles. The second kappa shape index (κ2) is 9.85. The third-order valence-electron chi connectivity index (χ3n) is 5.56. The Kier molecular flexibility index (Phi) is 7.92. The summed E-state index contributed by atoms with van der Waals surface area (Å²) in [6.07, 6.45) is 0.